The van der Waals surface area contributed by atoms with Crippen LogP contribution in [-0.2, 0) is 9.47 Å². The van der Waals surface area contributed by atoms with Crippen molar-refractivity contribution in [3.8, 4) is 0 Å². The molecular weight excluding hydrogens is 333 g/mol. The Balaban J connectivity index is 1.57. The summed E-state index contributed by atoms with van der Waals surface area (Å²) in [5.74, 6) is -1.12. The van der Waals surface area contributed by atoms with Gasteiger partial charge in [0.2, 0.25) is 0 Å². The molecule has 1 saturated heterocycles. The van der Waals surface area contributed by atoms with Crippen LogP contribution in [0.25, 0.3) is 0 Å². The third kappa shape index (κ3) is 3.34. The summed E-state index contributed by atoms with van der Waals surface area (Å²) in [7, 11) is 0. The summed E-state index contributed by atoms with van der Waals surface area (Å²) < 4.78 is 52.7. The SMILES string of the molecule is OC1OCC1OCC1C2CCCCC2C(C(F)(F)F)C2CCCCC12. The third-order valence-corrected chi connectivity index (χ3v) is 7.40. The van der Waals surface area contributed by atoms with Gasteiger partial charge in [-0.25, -0.2) is 0 Å². The Morgan fingerprint density at radius 1 is 0.880 bits per heavy atom. The summed E-state index contributed by atoms with van der Waals surface area (Å²) in [6, 6.07) is 0. The highest BCUT2D eigenvalue weighted by molar-refractivity contribution is 5.01. The number of fused-ring (bicyclic) bond motifs is 2. The van der Waals surface area contributed by atoms with E-state index in [0.717, 1.165) is 38.5 Å². The normalized spacial score (nSPS) is 47.5. The monoisotopic (exact) mass is 362 g/mol. The zero-order valence-corrected chi connectivity index (χ0v) is 14.6. The fourth-order valence-corrected chi connectivity index (χ4v) is 6.33. The molecule has 1 N–H and O–H groups in total. The lowest BCUT2D eigenvalue weighted by molar-refractivity contribution is -0.286. The van der Waals surface area contributed by atoms with Crippen LogP contribution in [0.2, 0.25) is 0 Å². The Kier molecular flexibility index (Phi) is 5.06. The predicted octanol–water partition coefficient (Wildman–Crippen LogP) is 4.14. The van der Waals surface area contributed by atoms with E-state index < -0.39 is 18.4 Å². The van der Waals surface area contributed by atoms with Gasteiger partial charge in [0, 0.05) is 0 Å². The van der Waals surface area contributed by atoms with Crippen molar-refractivity contribution in [2.75, 3.05) is 13.2 Å². The van der Waals surface area contributed by atoms with Crippen LogP contribution in [-0.4, -0.2) is 36.9 Å². The molecule has 25 heavy (non-hydrogen) atoms. The highest BCUT2D eigenvalue weighted by Crippen LogP contribution is 2.59. The van der Waals surface area contributed by atoms with E-state index in [4.69, 9.17) is 9.47 Å². The topological polar surface area (TPSA) is 38.7 Å². The van der Waals surface area contributed by atoms with Gasteiger partial charge in [-0.15, -0.1) is 0 Å². The quantitative estimate of drug-likeness (QED) is 0.820. The molecule has 3 nitrogen and oxygen atoms in total. The molecule has 0 radical (unpaired) electrons. The molecule has 0 spiro atoms. The number of ether oxygens (including phenoxy) is 2. The van der Waals surface area contributed by atoms with Gasteiger partial charge in [-0.3, -0.25) is 0 Å². The van der Waals surface area contributed by atoms with Gasteiger partial charge in [-0.1, -0.05) is 25.7 Å². The third-order valence-electron chi connectivity index (χ3n) is 7.40. The van der Waals surface area contributed by atoms with Crippen LogP contribution in [0.1, 0.15) is 51.4 Å². The van der Waals surface area contributed by atoms with E-state index in [0.29, 0.717) is 26.1 Å². The molecule has 0 bridgehead atoms. The average molecular weight is 362 g/mol. The second-order valence-electron chi connectivity index (χ2n) is 8.55. The molecular formula is C19H29F3O3. The molecule has 4 fully saturated rings. The van der Waals surface area contributed by atoms with Gasteiger partial charge < -0.3 is 14.6 Å². The largest absolute Gasteiger partial charge is 0.392 e. The summed E-state index contributed by atoms with van der Waals surface area (Å²) in [6.07, 6.45) is 1.90. The maximum absolute atomic E-state index is 14.0. The van der Waals surface area contributed by atoms with Gasteiger partial charge in [0.05, 0.1) is 19.1 Å². The van der Waals surface area contributed by atoms with Crippen LogP contribution in [0.4, 0.5) is 13.2 Å². The van der Waals surface area contributed by atoms with Gasteiger partial charge in [0.15, 0.2) is 6.29 Å². The lowest BCUT2D eigenvalue weighted by Crippen LogP contribution is -2.55. The molecule has 0 aromatic carbocycles. The lowest BCUT2D eigenvalue weighted by Gasteiger charge is -2.56. The van der Waals surface area contributed by atoms with Gasteiger partial charge in [-0.2, -0.15) is 13.2 Å². The van der Waals surface area contributed by atoms with Crippen LogP contribution < -0.4 is 0 Å². The fourth-order valence-electron chi connectivity index (χ4n) is 6.33. The predicted molar refractivity (Wildman–Crippen MR) is 85.6 cm³/mol. The van der Waals surface area contributed by atoms with Crippen molar-refractivity contribution in [3.05, 3.63) is 0 Å². The fraction of sp³-hybridized carbons (Fsp3) is 1.00. The highest BCUT2D eigenvalue weighted by atomic mass is 19.4. The first-order valence-corrected chi connectivity index (χ1v) is 9.95. The minimum absolute atomic E-state index is 0.123. The van der Waals surface area contributed by atoms with E-state index in [9.17, 15) is 18.3 Å². The van der Waals surface area contributed by atoms with Crippen LogP contribution in [0, 0.1) is 35.5 Å². The first kappa shape index (κ1) is 18.1. The zero-order valence-electron chi connectivity index (χ0n) is 14.6. The Morgan fingerprint density at radius 2 is 1.40 bits per heavy atom. The summed E-state index contributed by atoms with van der Waals surface area (Å²) in [5, 5.41) is 9.55. The number of hydrogen-bond donors (Lipinski definition) is 1. The molecule has 0 amide bonds. The first-order chi connectivity index (χ1) is 12.0. The van der Waals surface area contributed by atoms with Crippen LogP contribution in [0.15, 0.2) is 0 Å². The Bertz CT molecular complexity index is 445. The van der Waals surface area contributed by atoms with Gasteiger partial charge in [-0.05, 0) is 55.3 Å². The minimum atomic E-state index is -4.08. The molecule has 4 aliphatic rings. The Labute approximate surface area is 147 Å². The molecule has 1 aliphatic heterocycles. The van der Waals surface area contributed by atoms with Crippen molar-refractivity contribution >= 4 is 0 Å². The summed E-state index contributed by atoms with van der Waals surface area (Å²) >= 11 is 0. The molecule has 1 heterocycles. The number of rotatable bonds is 3. The summed E-state index contributed by atoms with van der Waals surface area (Å²) in [6.45, 7) is 0.874. The Hall–Kier alpha value is -0.330. The van der Waals surface area contributed by atoms with Gasteiger partial charge >= 0.3 is 6.18 Å². The van der Waals surface area contributed by atoms with Crippen molar-refractivity contribution in [1.29, 1.82) is 0 Å². The van der Waals surface area contributed by atoms with Crippen LogP contribution >= 0.6 is 0 Å². The molecule has 6 heteroatoms. The molecule has 144 valence electrons. The van der Waals surface area contributed by atoms with Crippen molar-refractivity contribution in [1.82, 2.24) is 0 Å². The van der Waals surface area contributed by atoms with E-state index in [1.807, 2.05) is 0 Å². The van der Waals surface area contributed by atoms with E-state index in [2.05, 4.69) is 0 Å². The lowest BCUT2D eigenvalue weighted by atomic mass is 9.50. The summed E-state index contributed by atoms with van der Waals surface area (Å²) in [4.78, 5) is 0. The standard InChI is InChI=1S/C19H29F3O3/c20-19(21,22)17-13-7-3-1-5-11(13)15(9-24-16-10-25-18(16)23)12-6-2-4-8-14(12)17/h11-18,23H,1-10H2. The first-order valence-electron chi connectivity index (χ1n) is 9.95. The van der Waals surface area contributed by atoms with E-state index >= 15 is 0 Å². The van der Waals surface area contributed by atoms with Crippen molar-refractivity contribution in [2.24, 2.45) is 35.5 Å². The van der Waals surface area contributed by atoms with Crippen LogP contribution in [0.5, 0.6) is 0 Å². The van der Waals surface area contributed by atoms with E-state index in [-0.39, 0.29) is 35.7 Å². The second-order valence-corrected chi connectivity index (χ2v) is 8.55. The average Bonchev–Trinajstić information content (AvgIpc) is 2.58. The van der Waals surface area contributed by atoms with E-state index in [1.165, 1.54) is 0 Å². The molecule has 6 unspecified atom stereocenters. The van der Waals surface area contributed by atoms with Crippen molar-refractivity contribution < 1.29 is 27.8 Å². The number of aliphatic hydroxyl groups excluding tert-OH is 1. The molecule has 3 saturated carbocycles. The number of alkyl halides is 3. The minimum Gasteiger partial charge on any atom is -0.370 e. The highest BCUT2D eigenvalue weighted by Gasteiger charge is 2.59. The second kappa shape index (κ2) is 7.01. The van der Waals surface area contributed by atoms with Crippen molar-refractivity contribution in [3.63, 3.8) is 0 Å². The Morgan fingerprint density at radius 3 is 1.80 bits per heavy atom. The smallest absolute Gasteiger partial charge is 0.370 e. The number of aliphatic hydroxyl groups is 1. The zero-order chi connectivity index (χ0) is 17.6. The van der Waals surface area contributed by atoms with Crippen LogP contribution in [0.3, 0.4) is 0 Å². The maximum atomic E-state index is 14.0. The van der Waals surface area contributed by atoms with Crippen molar-refractivity contribution in [2.45, 2.75) is 69.9 Å². The summed E-state index contributed by atoms with van der Waals surface area (Å²) in [5.41, 5.74) is 0. The molecule has 4 rings (SSSR count). The molecule has 0 aromatic rings. The number of halogens is 3. The number of hydrogen-bond acceptors (Lipinski definition) is 3. The van der Waals surface area contributed by atoms with Gasteiger partial charge in [0.1, 0.15) is 6.10 Å². The van der Waals surface area contributed by atoms with Gasteiger partial charge in [0.25, 0.3) is 0 Å². The molecule has 3 aliphatic carbocycles. The molecule has 6 atom stereocenters. The van der Waals surface area contributed by atoms with E-state index in [1.54, 1.807) is 0 Å². The maximum Gasteiger partial charge on any atom is 0.392 e. The molecule has 0 aromatic heterocycles.